The van der Waals surface area contributed by atoms with E-state index in [9.17, 15) is 5.11 Å². The maximum absolute atomic E-state index is 10.5. The summed E-state index contributed by atoms with van der Waals surface area (Å²) in [5.41, 5.74) is 2.68. The molecule has 1 N–H and O–H groups in total. The van der Waals surface area contributed by atoms with Crippen molar-refractivity contribution in [3.63, 3.8) is 0 Å². The number of piperidine rings is 1. The number of hydrogen-bond acceptors (Lipinski definition) is 4. The molecular formula is C22H29N3O. The lowest BCUT2D eigenvalue weighted by Crippen LogP contribution is -2.44. The Morgan fingerprint density at radius 3 is 2.38 bits per heavy atom. The number of hydrogen-bond donors (Lipinski definition) is 1. The molecule has 2 atom stereocenters. The molecule has 0 spiro atoms. The molecule has 0 amide bonds. The van der Waals surface area contributed by atoms with Crippen LogP contribution in [-0.4, -0.2) is 58.2 Å². The predicted molar refractivity (Wildman–Crippen MR) is 104 cm³/mol. The van der Waals surface area contributed by atoms with E-state index in [-0.39, 0.29) is 6.10 Å². The van der Waals surface area contributed by atoms with Crippen molar-refractivity contribution in [1.29, 1.82) is 0 Å². The lowest BCUT2D eigenvalue weighted by atomic mass is 9.97. The zero-order valence-corrected chi connectivity index (χ0v) is 15.4. The molecule has 0 saturated carbocycles. The van der Waals surface area contributed by atoms with Crippen LogP contribution in [0, 0.1) is 5.92 Å². The van der Waals surface area contributed by atoms with Crippen LogP contribution < -0.4 is 0 Å². The second-order valence-corrected chi connectivity index (χ2v) is 7.83. The minimum absolute atomic E-state index is 0.203. The standard InChI is InChI=1S/C22H29N3O/c26-22-17-25(16-20(22)14-18-6-10-23-11-7-18)21-8-12-24(13-9-21)15-19-4-2-1-3-5-19/h1-7,10-11,20-22,26H,8-9,12-17H2/t20-,22+/m1/s1. The first-order valence-corrected chi connectivity index (χ1v) is 9.85. The second kappa shape index (κ2) is 8.30. The summed E-state index contributed by atoms with van der Waals surface area (Å²) < 4.78 is 0. The lowest BCUT2D eigenvalue weighted by Gasteiger charge is -2.36. The molecule has 1 aromatic heterocycles. The lowest BCUT2D eigenvalue weighted by molar-refractivity contribution is 0.104. The molecule has 3 heterocycles. The van der Waals surface area contributed by atoms with Crippen molar-refractivity contribution >= 4 is 0 Å². The Morgan fingerprint density at radius 1 is 0.923 bits per heavy atom. The van der Waals surface area contributed by atoms with Crippen LogP contribution in [0.15, 0.2) is 54.9 Å². The van der Waals surface area contributed by atoms with Crippen molar-refractivity contribution in [2.75, 3.05) is 26.2 Å². The number of pyridine rings is 1. The third kappa shape index (κ3) is 4.32. The number of nitrogens with zero attached hydrogens (tertiary/aromatic N) is 3. The summed E-state index contributed by atoms with van der Waals surface area (Å²) in [6, 6.07) is 15.5. The maximum Gasteiger partial charge on any atom is 0.0710 e. The Labute approximate surface area is 156 Å². The molecule has 0 unspecified atom stereocenters. The molecular weight excluding hydrogens is 322 g/mol. The summed E-state index contributed by atoms with van der Waals surface area (Å²) in [6.07, 6.45) is 6.86. The largest absolute Gasteiger partial charge is 0.391 e. The number of aromatic nitrogens is 1. The molecule has 2 aliphatic rings. The van der Waals surface area contributed by atoms with Gasteiger partial charge in [0, 0.05) is 44.0 Å². The number of rotatable bonds is 5. The Bertz CT molecular complexity index is 670. The van der Waals surface area contributed by atoms with Gasteiger partial charge >= 0.3 is 0 Å². The number of likely N-dealkylation sites (tertiary alicyclic amines) is 2. The summed E-state index contributed by atoms with van der Waals surface area (Å²) in [6.45, 7) is 5.22. The number of aliphatic hydroxyl groups is 1. The highest BCUT2D eigenvalue weighted by Gasteiger charge is 2.36. The fraction of sp³-hybridized carbons (Fsp3) is 0.500. The smallest absolute Gasteiger partial charge is 0.0710 e. The fourth-order valence-electron chi connectivity index (χ4n) is 4.49. The number of β-amino-alcohol motifs (C(OH)–C–C–N with tert-alkyl or cyclic N) is 1. The summed E-state index contributed by atoms with van der Waals surface area (Å²) in [4.78, 5) is 9.19. The van der Waals surface area contributed by atoms with Gasteiger partial charge in [0.1, 0.15) is 0 Å². The molecule has 4 rings (SSSR count). The van der Waals surface area contributed by atoms with E-state index in [0.717, 1.165) is 39.1 Å². The normalized spacial score (nSPS) is 25.6. The minimum Gasteiger partial charge on any atom is -0.391 e. The van der Waals surface area contributed by atoms with Crippen LogP contribution in [0.2, 0.25) is 0 Å². The van der Waals surface area contributed by atoms with Gasteiger partial charge in [-0.3, -0.25) is 14.8 Å². The first-order valence-electron chi connectivity index (χ1n) is 9.85. The summed E-state index contributed by atoms with van der Waals surface area (Å²) in [7, 11) is 0. The van der Waals surface area contributed by atoms with Gasteiger partial charge in [-0.2, -0.15) is 0 Å². The number of aliphatic hydroxyl groups excluding tert-OH is 1. The summed E-state index contributed by atoms with van der Waals surface area (Å²) in [5, 5.41) is 10.5. The molecule has 0 radical (unpaired) electrons. The van der Waals surface area contributed by atoms with E-state index < -0.39 is 0 Å². The number of benzene rings is 1. The van der Waals surface area contributed by atoms with Gasteiger partial charge in [0.05, 0.1) is 6.10 Å². The van der Waals surface area contributed by atoms with Gasteiger partial charge in [-0.1, -0.05) is 30.3 Å². The van der Waals surface area contributed by atoms with Crippen LogP contribution in [0.5, 0.6) is 0 Å². The van der Waals surface area contributed by atoms with Crippen molar-refractivity contribution < 1.29 is 5.11 Å². The molecule has 138 valence electrons. The molecule has 1 aromatic carbocycles. The van der Waals surface area contributed by atoms with Gasteiger partial charge in [0.25, 0.3) is 0 Å². The van der Waals surface area contributed by atoms with Crippen LogP contribution in [0.3, 0.4) is 0 Å². The van der Waals surface area contributed by atoms with Crippen LogP contribution >= 0.6 is 0 Å². The van der Waals surface area contributed by atoms with Gasteiger partial charge in [-0.05, 0) is 55.6 Å². The van der Waals surface area contributed by atoms with E-state index in [1.807, 2.05) is 12.4 Å². The van der Waals surface area contributed by atoms with E-state index in [4.69, 9.17) is 0 Å². The molecule has 4 nitrogen and oxygen atoms in total. The quantitative estimate of drug-likeness (QED) is 0.899. The fourth-order valence-corrected chi connectivity index (χ4v) is 4.49. The van der Waals surface area contributed by atoms with Crippen molar-refractivity contribution in [2.45, 2.75) is 38.0 Å². The molecule has 4 heteroatoms. The Morgan fingerprint density at radius 2 is 1.65 bits per heavy atom. The van der Waals surface area contributed by atoms with Crippen molar-refractivity contribution in [3.05, 3.63) is 66.0 Å². The Balaban J connectivity index is 1.27. The molecule has 2 fully saturated rings. The van der Waals surface area contributed by atoms with E-state index in [1.54, 1.807) is 0 Å². The summed E-state index contributed by atoms with van der Waals surface area (Å²) in [5.74, 6) is 0.347. The third-order valence-electron chi connectivity index (χ3n) is 6.00. The zero-order chi connectivity index (χ0) is 17.8. The average molecular weight is 351 g/mol. The van der Waals surface area contributed by atoms with Crippen LogP contribution in [0.4, 0.5) is 0 Å². The first kappa shape index (κ1) is 17.7. The zero-order valence-electron chi connectivity index (χ0n) is 15.4. The SMILES string of the molecule is O[C@H]1CN(C2CCN(Cc3ccccc3)CC2)C[C@H]1Cc1ccncc1. The van der Waals surface area contributed by atoms with Gasteiger partial charge in [-0.15, -0.1) is 0 Å². The van der Waals surface area contributed by atoms with Crippen LogP contribution in [0.25, 0.3) is 0 Å². The first-order chi connectivity index (χ1) is 12.8. The summed E-state index contributed by atoms with van der Waals surface area (Å²) >= 11 is 0. The Hall–Kier alpha value is -1.75. The molecule has 2 saturated heterocycles. The highest BCUT2D eigenvalue weighted by Crippen LogP contribution is 2.27. The molecule has 26 heavy (non-hydrogen) atoms. The van der Waals surface area contributed by atoms with E-state index in [1.165, 1.54) is 24.0 Å². The minimum atomic E-state index is -0.203. The van der Waals surface area contributed by atoms with E-state index in [0.29, 0.717) is 12.0 Å². The van der Waals surface area contributed by atoms with Crippen LogP contribution in [-0.2, 0) is 13.0 Å². The van der Waals surface area contributed by atoms with E-state index >= 15 is 0 Å². The topological polar surface area (TPSA) is 39.6 Å². The average Bonchev–Trinajstić information content (AvgIpc) is 3.04. The van der Waals surface area contributed by atoms with E-state index in [2.05, 4.69) is 57.2 Å². The molecule has 2 aliphatic heterocycles. The maximum atomic E-state index is 10.5. The van der Waals surface area contributed by atoms with Crippen LogP contribution in [0.1, 0.15) is 24.0 Å². The van der Waals surface area contributed by atoms with Gasteiger partial charge < -0.3 is 5.11 Å². The highest BCUT2D eigenvalue weighted by molar-refractivity contribution is 5.15. The van der Waals surface area contributed by atoms with Gasteiger partial charge in [0.2, 0.25) is 0 Å². The van der Waals surface area contributed by atoms with Gasteiger partial charge in [-0.25, -0.2) is 0 Å². The van der Waals surface area contributed by atoms with Crippen molar-refractivity contribution in [3.8, 4) is 0 Å². The van der Waals surface area contributed by atoms with Gasteiger partial charge in [0.15, 0.2) is 0 Å². The molecule has 0 bridgehead atoms. The van der Waals surface area contributed by atoms with Crippen molar-refractivity contribution in [1.82, 2.24) is 14.8 Å². The molecule has 0 aliphatic carbocycles. The second-order valence-electron chi connectivity index (χ2n) is 7.83. The monoisotopic (exact) mass is 351 g/mol. The Kier molecular flexibility index (Phi) is 5.63. The van der Waals surface area contributed by atoms with Crippen molar-refractivity contribution in [2.24, 2.45) is 5.92 Å². The molecule has 2 aromatic rings. The third-order valence-corrected chi connectivity index (χ3v) is 6.00. The predicted octanol–water partition coefficient (Wildman–Crippen LogP) is 2.58. The highest BCUT2D eigenvalue weighted by atomic mass is 16.3.